The lowest BCUT2D eigenvalue weighted by Crippen LogP contribution is -2.04. The average molecular weight is 304 g/mol. The largest absolute Gasteiger partial charge is 0.462 e. The summed E-state index contributed by atoms with van der Waals surface area (Å²) < 4.78 is 6.65. The van der Waals surface area contributed by atoms with Gasteiger partial charge in [0.1, 0.15) is 0 Å². The van der Waals surface area contributed by atoms with E-state index in [4.69, 9.17) is 4.74 Å². The molecule has 0 aliphatic rings. The Kier molecular flexibility index (Phi) is 10.4. The van der Waals surface area contributed by atoms with Crippen LogP contribution in [0, 0.1) is 6.92 Å². The van der Waals surface area contributed by atoms with E-state index in [1.54, 1.807) is 17.8 Å². The van der Waals surface area contributed by atoms with Crippen LogP contribution in [0.5, 0.6) is 0 Å². The zero-order valence-corrected chi connectivity index (χ0v) is 14.6. The third kappa shape index (κ3) is 6.57. The molecule has 0 N–H and O–H groups in total. The number of benzene rings is 1. The van der Waals surface area contributed by atoms with E-state index in [-0.39, 0.29) is 5.97 Å². The zero-order valence-electron chi connectivity index (χ0n) is 14.6. The molecule has 0 fully saturated rings. The van der Waals surface area contributed by atoms with Gasteiger partial charge in [0.05, 0.1) is 24.9 Å². The third-order valence-corrected chi connectivity index (χ3v) is 2.61. The van der Waals surface area contributed by atoms with E-state index in [0.29, 0.717) is 18.7 Å². The van der Waals surface area contributed by atoms with E-state index in [0.717, 1.165) is 5.56 Å². The van der Waals surface area contributed by atoms with Crippen molar-refractivity contribution in [2.75, 3.05) is 6.61 Å². The Morgan fingerprint density at radius 1 is 1.14 bits per heavy atom. The Morgan fingerprint density at radius 3 is 2.27 bits per heavy atom. The van der Waals surface area contributed by atoms with Gasteiger partial charge in [0.25, 0.3) is 0 Å². The smallest absolute Gasteiger partial charge is 0.341 e. The minimum atomic E-state index is -0.326. The third-order valence-electron chi connectivity index (χ3n) is 2.61. The van der Waals surface area contributed by atoms with Crippen LogP contribution in [0.2, 0.25) is 0 Å². The van der Waals surface area contributed by atoms with Gasteiger partial charge in [-0.3, -0.25) is 4.68 Å². The molecular formula is C18H28N2O2. The van der Waals surface area contributed by atoms with E-state index < -0.39 is 0 Å². The minimum absolute atomic E-state index is 0.326. The molecule has 0 aliphatic heterocycles. The fraction of sp³-hybridized carbons (Fsp3) is 0.444. The average Bonchev–Trinajstić information content (AvgIpc) is 3.02. The number of hydrogen-bond acceptors (Lipinski definition) is 3. The van der Waals surface area contributed by atoms with Crippen LogP contribution in [0.25, 0.3) is 0 Å². The molecular weight excluding hydrogens is 276 g/mol. The van der Waals surface area contributed by atoms with Gasteiger partial charge in [0, 0.05) is 6.20 Å². The molecule has 1 aromatic carbocycles. The van der Waals surface area contributed by atoms with E-state index in [1.165, 1.54) is 11.8 Å². The second-order valence-electron chi connectivity index (χ2n) is 4.13. The molecule has 1 heterocycles. The van der Waals surface area contributed by atoms with Gasteiger partial charge in [-0.2, -0.15) is 5.10 Å². The van der Waals surface area contributed by atoms with Gasteiger partial charge in [-0.15, -0.1) is 0 Å². The summed E-state index contributed by atoms with van der Waals surface area (Å²) in [7, 11) is 0. The van der Waals surface area contributed by atoms with Crippen molar-refractivity contribution in [1.82, 2.24) is 9.78 Å². The summed E-state index contributed by atoms with van der Waals surface area (Å²) >= 11 is 0. The number of carbonyl (C=O) groups is 1. The lowest BCUT2D eigenvalue weighted by molar-refractivity contribution is 0.0526. The molecule has 4 heteroatoms. The molecule has 1 aromatic heterocycles. The maximum Gasteiger partial charge on any atom is 0.341 e. The maximum atomic E-state index is 11.5. The standard InChI is InChI=1S/C14H16N2O2.2C2H6/c1-3-18-14(17)13-8-15-16(10-13)9-12-6-4-11(2)5-7-12;2*1-2/h4-8,10H,3,9H2,1-2H3;2*1-2H3. The van der Waals surface area contributed by atoms with Crippen molar-refractivity contribution in [3.63, 3.8) is 0 Å². The summed E-state index contributed by atoms with van der Waals surface area (Å²) in [6, 6.07) is 8.23. The second kappa shape index (κ2) is 11.5. The fourth-order valence-electron chi connectivity index (χ4n) is 1.65. The Bertz CT molecular complexity index is 530. The first kappa shape index (κ1) is 19.9. The van der Waals surface area contributed by atoms with Gasteiger partial charge in [-0.05, 0) is 19.4 Å². The number of hydrogen-bond donors (Lipinski definition) is 0. The molecule has 0 radical (unpaired) electrons. The van der Waals surface area contributed by atoms with Crippen molar-refractivity contribution in [3.8, 4) is 0 Å². The number of ether oxygens (including phenoxy) is 1. The highest BCUT2D eigenvalue weighted by Gasteiger charge is 2.09. The van der Waals surface area contributed by atoms with Gasteiger partial charge >= 0.3 is 5.97 Å². The fourth-order valence-corrected chi connectivity index (χ4v) is 1.65. The monoisotopic (exact) mass is 304 g/mol. The number of aryl methyl sites for hydroxylation is 1. The lowest BCUT2D eigenvalue weighted by Gasteiger charge is -2.02. The first-order valence-electron chi connectivity index (χ1n) is 7.94. The summed E-state index contributed by atoms with van der Waals surface area (Å²) in [5.74, 6) is -0.326. The minimum Gasteiger partial charge on any atom is -0.462 e. The number of nitrogens with zero attached hydrogens (tertiary/aromatic N) is 2. The van der Waals surface area contributed by atoms with Crippen LogP contribution in [0.1, 0.15) is 56.1 Å². The molecule has 2 rings (SSSR count). The first-order chi connectivity index (χ1) is 10.7. The molecule has 2 aromatic rings. The molecule has 4 nitrogen and oxygen atoms in total. The van der Waals surface area contributed by atoms with Gasteiger partial charge in [-0.1, -0.05) is 57.5 Å². The second-order valence-corrected chi connectivity index (χ2v) is 4.13. The molecule has 0 saturated heterocycles. The Morgan fingerprint density at radius 2 is 1.73 bits per heavy atom. The summed E-state index contributed by atoms with van der Waals surface area (Å²) in [4.78, 5) is 11.5. The Hall–Kier alpha value is -2.10. The summed E-state index contributed by atoms with van der Waals surface area (Å²) in [6.45, 7) is 12.9. The summed E-state index contributed by atoms with van der Waals surface area (Å²) in [5, 5.41) is 4.15. The summed E-state index contributed by atoms with van der Waals surface area (Å²) in [5.41, 5.74) is 2.87. The van der Waals surface area contributed by atoms with E-state index in [9.17, 15) is 4.79 Å². The van der Waals surface area contributed by atoms with Crippen LogP contribution in [0.15, 0.2) is 36.7 Å². The van der Waals surface area contributed by atoms with Crippen molar-refractivity contribution in [3.05, 3.63) is 53.3 Å². The van der Waals surface area contributed by atoms with E-state index in [2.05, 4.69) is 36.3 Å². The number of esters is 1. The molecule has 0 spiro atoms. The lowest BCUT2D eigenvalue weighted by atomic mass is 10.1. The van der Waals surface area contributed by atoms with Gasteiger partial charge in [-0.25, -0.2) is 4.79 Å². The van der Waals surface area contributed by atoms with Crippen LogP contribution in [0.4, 0.5) is 0 Å². The number of aromatic nitrogens is 2. The highest BCUT2D eigenvalue weighted by Crippen LogP contribution is 2.07. The van der Waals surface area contributed by atoms with Crippen molar-refractivity contribution in [2.24, 2.45) is 0 Å². The molecule has 22 heavy (non-hydrogen) atoms. The Balaban J connectivity index is 0.00000102. The van der Waals surface area contributed by atoms with Crippen molar-refractivity contribution in [1.29, 1.82) is 0 Å². The molecule has 0 saturated carbocycles. The molecule has 0 bridgehead atoms. The SMILES string of the molecule is CC.CC.CCOC(=O)c1cnn(Cc2ccc(C)cc2)c1. The highest BCUT2D eigenvalue weighted by atomic mass is 16.5. The van der Waals surface area contributed by atoms with Gasteiger partial charge < -0.3 is 4.74 Å². The normalized spacial score (nSPS) is 9.00. The molecule has 0 atom stereocenters. The maximum absolute atomic E-state index is 11.5. The van der Waals surface area contributed by atoms with Crippen molar-refractivity contribution in [2.45, 2.75) is 48.1 Å². The predicted molar refractivity (Wildman–Crippen MR) is 91.2 cm³/mol. The zero-order chi connectivity index (χ0) is 17.0. The molecule has 0 aliphatic carbocycles. The van der Waals surface area contributed by atoms with E-state index in [1.807, 2.05) is 27.7 Å². The topological polar surface area (TPSA) is 44.1 Å². The van der Waals surface area contributed by atoms with Crippen LogP contribution < -0.4 is 0 Å². The number of rotatable bonds is 4. The predicted octanol–water partition coefficient (Wildman–Crippen LogP) is 4.47. The molecule has 0 unspecified atom stereocenters. The quantitative estimate of drug-likeness (QED) is 0.783. The van der Waals surface area contributed by atoms with Crippen LogP contribution >= 0.6 is 0 Å². The first-order valence-corrected chi connectivity index (χ1v) is 7.94. The van der Waals surface area contributed by atoms with E-state index >= 15 is 0 Å². The van der Waals surface area contributed by atoms with Gasteiger partial charge in [0.2, 0.25) is 0 Å². The van der Waals surface area contributed by atoms with Crippen molar-refractivity contribution >= 4 is 5.97 Å². The number of carbonyl (C=O) groups excluding carboxylic acids is 1. The highest BCUT2D eigenvalue weighted by molar-refractivity contribution is 5.88. The molecule has 0 amide bonds. The van der Waals surface area contributed by atoms with Crippen LogP contribution in [-0.4, -0.2) is 22.4 Å². The summed E-state index contributed by atoms with van der Waals surface area (Å²) in [6.07, 6.45) is 3.24. The Labute approximate surface area is 134 Å². The van der Waals surface area contributed by atoms with Crippen molar-refractivity contribution < 1.29 is 9.53 Å². The van der Waals surface area contributed by atoms with Crippen LogP contribution in [0.3, 0.4) is 0 Å². The van der Waals surface area contributed by atoms with Crippen LogP contribution in [-0.2, 0) is 11.3 Å². The molecule has 122 valence electrons. The van der Waals surface area contributed by atoms with Gasteiger partial charge in [0.15, 0.2) is 0 Å².